The van der Waals surface area contributed by atoms with Crippen molar-refractivity contribution in [2.75, 3.05) is 5.75 Å². The first-order valence-corrected chi connectivity index (χ1v) is 5.98. The van der Waals surface area contributed by atoms with Crippen molar-refractivity contribution >= 4 is 23.4 Å². The van der Waals surface area contributed by atoms with E-state index < -0.39 is 16.9 Å². The maximum absolute atomic E-state index is 10.8. The third-order valence-corrected chi connectivity index (χ3v) is 3.75. The maximum atomic E-state index is 10.8. The number of aliphatic carboxylic acids is 1. The molecule has 0 amide bonds. The van der Waals surface area contributed by atoms with Gasteiger partial charge in [0.1, 0.15) is 6.04 Å². The van der Waals surface area contributed by atoms with Gasteiger partial charge in [0, 0.05) is 11.8 Å². The summed E-state index contributed by atoms with van der Waals surface area (Å²) in [6, 6.07) is 5.72. The summed E-state index contributed by atoms with van der Waals surface area (Å²) in [6.07, 6.45) is 0. The molecule has 2 unspecified atom stereocenters. The lowest BCUT2D eigenvalue weighted by Gasteiger charge is -2.11. The number of hydrogen-bond donors (Lipinski definition) is 2. The standard InChI is InChI=1S/C10H10N2O4S/c13-10(14)7-5-17-9(11-7)6-3-1-2-4-8(6)12(15)16/h1-4,7,9,11H,5H2,(H,13,14). The van der Waals surface area contributed by atoms with Gasteiger partial charge in [-0.2, -0.15) is 0 Å². The number of nitrogens with one attached hydrogen (secondary N) is 1. The Morgan fingerprint density at radius 2 is 2.24 bits per heavy atom. The van der Waals surface area contributed by atoms with Crippen molar-refractivity contribution in [3.05, 3.63) is 39.9 Å². The van der Waals surface area contributed by atoms with E-state index in [-0.39, 0.29) is 11.1 Å². The smallest absolute Gasteiger partial charge is 0.321 e. The van der Waals surface area contributed by atoms with Crippen LogP contribution in [0.25, 0.3) is 0 Å². The molecule has 2 rings (SSSR count). The minimum Gasteiger partial charge on any atom is -0.480 e. The van der Waals surface area contributed by atoms with E-state index in [2.05, 4.69) is 5.32 Å². The number of nitrogens with zero attached hydrogens (tertiary/aromatic N) is 1. The Bertz CT molecular complexity index is 465. The van der Waals surface area contributed by atoms with E-state index in [0.717, 1.165) is 0 Å². The SMILES string of the molecule is O=C(O)C1CSC(c2ccccc2[N+](=O)[O-])N1. The summed E-state index contributed by atoms with van der Waals surface area (Å²) in [6.45, 7) is 0. The Morgan fingerprint density at radius 3 is 2.82 bits per heavy atom. The van der Waals surface area contributed by atoms with Crippen molar-refractivity contribution in [2.45, 2.75) is 11.4 Å². The average molecular weight is 254 g/mol. The number of carbonyl (C=O) groups is 1. The van der Waals surface area contributed by atoms with Gasteiger partial charge in [-0.1, -0.05) is 12.1 Å². The van der Waals surface area contributed by atoms with Gasteiger partial charge in [0.2, 0.25) is 0 Å². The molecule has 1 aromatic carbocycles. The number of thioether (sulfide) groups is 1. The van der Waals surface area contributed by atoms with E-state index in [9.17, 15) is 14.9 Å². The van der Waals surface area contributed by atoms with Crippen molar-refractivity contribution in [3.63, 3.8) is 0 Å². The van der Waals surface area contributed by atoms with Crippen molar-refractivity contribution in [1.82, 2.24) is 5.32 Å². The monoisotopic (exact) mass is 254 g/mol. The van der Waals surface area contributed by atoms with Gasteiger partial charge in [-0.25, -0.2) is 0 Å². The van der Waals surface area contributed by atoms with Crippen LogP contribution in [0.4, 0.5) is 5.69 Å². The summed E-state index contributed by atoms with van der Waals surface area (Å²) in [5.74, 6) is -0.523. The molecule has 2 atom stereocenters. The van der Waals surface area contributed by atoms with Gasteiger partial charge in [0.25, 0.3) is 5.69 Å². The molecule has 0 saturated carbocycles. The fourth-order valence-corrected chi connectivity index (χ4v) is 2.93. The number of carboxylic acid groups (broad SMARTS) is 1. The normalized spacial score (nSPS) is 23.5. The molecule has 1 fully saturated rings. The highest BCUT2D eigenvalue weighted by molar-refractivity contribution is 7.99. The molecule has 0 aliphatic carbocycles. The van der Waals surface area contributed by atoms with Crippen LogP contribution in [0, 0.1) is 10.1 Å². The minimum absolute atomic E-state index is 0.0172. The number of para-hydroxylation sites is 1. The lowest BCUT2D eigenvalue weighted by Crippen LogP contribution is -2.33. The molecule has 0 aromatic heterocycles. The van der Waals surface area contributed by atoms with E-state index in [4.69, 9.17) is 5.11 Å². The van der Waals surface area contributed by atoms with Crippen LogP contribution < -0.4 is 5.32 Å². The average Bonchev–Trinajstić information content (AvgIpc) is 2.78. The quantitative estimate of drug-likeness (QED) is 0.625. The summed E-state index contributed by atoms with van der Waals surface area (Å²) in [5.41, 5.74) is 0.537. The second-order valence-electron chi connectivity index (χ2n) is 3.59. The lowest BCUT2D eigenvalue weighted by molar-refractivity contribution is -0.385. The molecule has 1 aliphatic heterocycles. The number of benzene rings is 1. The molecule has 0 radical (unpaired) electrons. The van der Waals surface area contributed by atoms with Crippen LogP contribution in [-0.4, -0.2) is 27.8 Å². The van der Waals surface area contributed by atoms with E-state index in [1.54, 1.807) is 18.2 Å². The van der Waals surface area contributed by atoms with Gasteiger partial charge in [0.15, 0.2) is 0 Å². The predicted octanol–water partition coefficient (Wildman–Crippen LogP) is 1.38. The number of carboxylic acids is 1. The van der Waals surface area contributed by atoms with Crippen molar-refractivity contribution in [2.24, 2.45) is 0 Å². The maximum Gasteiger partial charge on any atom is 0.321 e. The van der Waals surface area contributed by atoms with E-state index in [1.807, 2.05) is 0 Å². The zero-order valence-electron chi connectivity index (χ0n) is 8.70. The van der Waals surface area contributed by atoms with Crippen molar-refractivity contribution < 1.29 is 14.8 Å². The molecular weight excluding hydrogens is 244 g/mol. The third kappa shape index (κ3) is 2.40. The fourth-order valence-electron chi connectivity index (χ4n) is 1.67. The summed E-state index contributed by atoms with van der Waals surface area (Å²) in [4.78, 5) is 21.2. The molecule has 0 spiro atoms. The van der Waals surface area contributed by atoms with Crippen LogP contribution in [0.1, 0.15) is 10.9 Å². The third-order valence-electron chi connectivity index (χ3n) is 2.50. The predicted molar refractivity (Wildman–Crippen MR) is 62.9 cm³/mol. The first-order chi connectivity index (χ1) is 8.09. The van der Waals surface area contributed by atoms with Crippen LogP contribution in [0.15, 0.2) is 24.3 Å². The molecule has 1 aromatic rings. The largest absolute Gasteiger partial charge is 0.480 e. The molecule has 17 heavy (non-hydrogen) atoms. The van der Waals surface area contributed by atoms with Gasteiger partial charge < -0.3 is 5.11 Å². The van der Waals surface area contributed by atoms with Gasteiger partial charge in [-0.3, -0.25) is 20.2 Å². The topological polar surface area (TPSA) is 92.5 Å². The summed E-state index contributed by atoms with van der Waals surface area (Å²) >= 11 is 1.37. The van der Waals surface area contributed by atoms with E-state index >= 15 is 0 Å². The second kappa shape index (κ2) is 4.72. The highest BCUT2D eigenvalue weighted by Crippen LogP contribution is 2.37. The van der Waals surface area contributed by atoms with Gasteiger partial charge in [0.05, 0.1) is 15.9 Å². The Balaban J connectivity index is 2.24. The van der Waals surface area contributed by atoms with E-state index in [0.29, 0.717) is 11.3 Å². The van der Waals surface area contributed by atoms with Crippen LogP contribution in [0.2, 0.25) is 0 Å². The number of nitro benzene ring substituents is 1. The van der Waals surface area contributed by atoms with Crippen molar-refractivity contribution in [1.29, 1.82) is 0 Å². The highest BCUT2D eigenvalue weighted by atomic mass is 32.2. The molecule has 90 valence electrons. The van der Waals surface area contributed by atoms with Crippen LogP contribution in [-0.2, 0) is 4.79 Å². The summed E-state index contributed by atoms with van der Waals surface area (Å²) in [7, 11) is 0. The minimum atomic E-state index is -0.932. The number of nitro groups is 1. The lowest BCUT2D eigenvalue weighted by atomic mass is 10.1. The molecule has 1 heterocycles. The molecule has 1 saturated heterocycles. The van der Waals surface area contributed by atoms with Crippen LogP contribution in [0.3, 0.4) is 0 Å². The molecule has 6 nitrogen and oxygen atoms in total. The molecule has 7 heteroatoms. The van der Waals surface area contributed by atoms with Crippen LogP contribution >= 0.6 is 11.8 Å². The van der Waals surface area contributed by atoms with Crippen molar-refractivity contribution in [3.8, 4) is 0 Å². The van der Waals surface area contributed by atoms with Gasteiger partial charge in [-0.15, -0.1) is 11.8 Å². The highest BCUT2D eigenvalue weighted by Gasteiger charge is 2.33. The molecular formula is C10H10N2O4S. The van der Waals surface area contributed by atoms with Gasteiger partial charge in [-0.05, 0) is 6.07 Å². The Morgan fingerprint density at radius 1 is 1.53 bits per heavy atom. The van der Waals surface area contributed by atoms with Crippen LogP contribution in [0.5, 0.6) is 0 Å². The fraction of sp³-hybridized carbons (Fsp3) is 0.300. The van der Waals surface area contributed by atoms with Gasteiger partial charge >= 0.3 is 5.97 Å². The molecule has 2 N–H and O–H groups in total. The number of rotatable bonds is 3. The Labute approximate surface area is 101 Å². The zero-order valence-corrected chi connectivity index (χ0v) is 9.52. The zero-order chi connectivity index (χ0) is 12.4. The first-order valence-electron chi connectivity index (χ1n) is 4.93. The summed E-state index contributed by atoms with van der Waals surface area (Å²) in [5, 5.41) is 22.2. The Kier molecular flexibility index (Phi) is 3.30. The first kappa shape index (κ1) is 11.9. The second-order valence-corrected chi connectivity index (χ2v) is 4.72. The molecule has 0 bridgehead atoms. The van der Waals surface area contributed by atoms with E-state index in [1.165, 1.54) is 17.8 Å². The Hall–Kier alpha value is -1.60. The summed E-state index contributed by atoms with van der Waals surface area (Å²) < 4.78 is 0. The molecule has 1 aliphatic rings. The number of hydrogen-bond acceptors (Lipinski definition) is 5.